The van der Waals surface area contributed by atoms with Crippen LogP contribution in [0.25, 0.3) is 0 Å². The van der Waals surface area contributed by atoms with E-state index in [-0.39, 0.29) is 5.66 Å². The highest BCUT2D eigenvalue weighted by Crippen LogP contribution is 2.55. The van der Waals surface area contributed by atoms with Crippen molar-refractivity contribution >= 4 is 37.8 Å². The van der Waals surface area contributed by atoms with Gasteiger partial charge in [-0.3, -0.25) is 0 Å². The van der Waals surface area contributed by atoms with Crippen molar-refractivity contribution < 1.29 is 18.8 Å². The van der Waals surface area contributed by atoms with Crippen LogP contribution in [-0.4, -0.2) is 10.6 Å². The van der Waals surface area contributed by atoms with E-state index in [0.717, 1.165) is 25.7 Å². The van der Waals surface area contributed by atoms with Crippen molar-refractivity contribution in [2.75, 3.05) is 0 Å². The van der Waals surface area contributed by atoms with Crippen molar-refractivity contribution in [2.24, 2.45) is 0 Å². The van der Waals surface area contributed by atoms with Gasteiger partial charge in [-0.1, -0.05) is 19.3 Å². The van der Waals surface area contributed by atoms with E-state index in [1.54, 1.807) is 0 Å². The van der Waals surface area contributed by atoms with Crippen LogP contribution < -0.4 is 0 Å². The van der Waals surface area contributed by atoms with Crippen molar-refractivity contribution in [1.82, 2.24) is 0 Å². The molecule has 0 heterocycles. The smallest absolute Gasteiger partial charge is 0.343 e. The summed E-state index contributed by atoms with van der Waals surface area (Å²) in [4.78, 5) is 9.80. The first kappa shape index (κ1) is 13.0. The van der Waals surface area contributed by atoms with Crippen LogP contribution in [0.4, 0.5) is 0 Å². The summed E-state index contributed by atoms with van der Waals surface area (Å²) < 4.78 is 19.5. The molecule has 0 aliphatic heterocycles. The number of hydrogen-bond donors (Lipinski definition) is 2. The van der Waals surface area contributed by atoms with Crippen LogP contribution in [0.5, 0.6) is 0 Å². The molecule has 82 valence electrons. The molecule has 0 aromatic rings. The summed E-state index contributed by atoms with van der Waals surface area (Å²) >= 11 is 8.43. The highest BCUT2D eigenvalue weighted by atomic mass is 32.7. The summed E-state index contributed by atoms with van der Waals surface area (Å²) in [5.41, 5.74) is -0.0190. The number of rotatable bonds is 4. The summed E-state index contributed by atoms with van der Waals surface area (Å²) in [7, 11) is -2.16. The zero-order chi connectivity index (χ0) is 10.6. The molecule has 8 heteroatoms. The lowest BCUT2D eigenvalue weighted by Gasteiger charge is -2.25. The van der Waals surface area contributed by atoms with Crippen LogP contribution in [0.2, 0.25) is 0 Å². The van der Waals surface area contributed by atoms with Gasteiger partial charge in [0.15, 0.2) is 0 Å². The lowest BCUT2D eigenvalue weighted by Crippen LogP contribution is -2.13. The largest absolute Gasteiger partial charge is 0.613 e. The first-order chi connectivity index (χ1) is 6.52. The Morgan fingerprint density at radius 2 is 2.00 bits per heavy atom. The lowest BCUT2D eigenvalue weighted by molar-refractivity contribution is -0.0892. The molecule has 0 saturated heterocycles. The minimum atomic E-state index is -2.94. The Kier molecular flexibility index (Phi) is 5.50. The van der Waals surface area contributed by atoms with Gasteiger partial charge in [0, 0.05) is 10.3 Å². The van der Waals surface area contributed by atoms with Crippen LogP contribution in [0.3, 0.4) is 0 Å². The second-order valence-electron chi connectivity index (χ2n) is 3.24. The van der Waals surface area contributed by atoms with E-state index in [1.165, 1.54) is 6.42 Å². The zero-order valence-corrected chi connectivity index (χ0v) is 11.0. The first-order valence-electron chi connectivity index (χ1n) is 4.37. The van der Waals surface area contributed by atoms with Crippen molar-refractivity contribution in [3.63, 3.8) is 0 Å². The minimum absolute atomic E-state index is 0.0190. The lowest BCUT2D eigenvalue weighted by atomic mass is 10.0. The van der Waals surface area contributed by atoms with Gasteiger partial charge >= 0.3 is 7.23 Å². The molecule has 1 fully saturated rings. The standard InChI is InChI=1S/C6H12O4P2S2/c7-11(13)9-10-12(8,14)6-4-2-1-3-5-6/h6H,1-5H2,(H-,7,8,13,14)/p+1. The van der Waals surface area contributed by atoms with E-state index in [2.05, 4.69) is 21.6 Å². The maximum absolute atomic E-state index is 10.5. The molecule has 0 amide bonds. The first-order valence-corrected chi connectivity index (χ1v) is 9.44. The molecule has 0 radical (unpaired) electrons. The maximum atomic E-state index is 10.5. The topological polar surface area (TPSA) is 55.8 Å². The van der Waals surface area contributed by atoms with E-state index in [0.29, 0.717) is 0 Å². The van der Waals surface area contributed by atoms with Gasteiger partial charge in [-0.25, -0.2) is 0 Å². The highest BCUT2D eigenvalue weighted by molar-refractivity contribution is 8.39. The molecule has 1 saturated carbocycles. The Bertz CT molecular complexity index is 254. The van der Waals surface area contributed by atoms with Crippen molar-refractivity contribution in [3.05, 3.63) is 0 Å². The maximum Gasteiger partial charge on any atom is 0.613 e. The third-order valence-electron chi connectivity index (χ3n) is 2.24. The molecular formula is C6H13O4P2S2+. The Morgan fingerprint density at radius 1 is 1.43 bits per heavy atom. The molecule has 2 unspecified atom stereocenters. The second-order valence-corrected chi connectivity index (χ2v) is 8.42. The molecule has 2 atom stereocenters. The molecule has 0 aromatic heterocycles. The van der Waals surface area contributed by atoms with Crippen LogP contribution in [-0.2, 0) is 25.7 Å². The predicted octanol–water partition coefficient (Wildman–Crippen LogP) is 3.16. The summed E-state index contributed by atoms with van der Waals surface area (Å²) in [5.74, 6) is 0. The highest BCUT2D eigenvalue weighted by Gasteiger charge is 2.32. The molecule has 1 aliphatic carbocycles. The van der Waals surface area contributed by atoms with Crippen molar-refractivity contribution in [2.45, 2.75) is 37.8 Å². The molecule has 1 N–H and O–H groups in total. The van der Waals surface area contributed by atoms with E-state index < -0.39 is 13.7 Å². The fourth-order valence-electron chi connectivity index (χ4n) is 1.54. The van der Waals surface area contributed by atoms with Gasteiger partial charge in [-0.05, 0) is 29.2 Å². The van der Waals surface area contributed by atoms with E-state index in [1.807, 2.05) is 0 Å². The summed E-state index contributed by atoms with van der Waals surface area (Å²) in [5, 5.41) is 0. The van der Waals surface area contributed by atoms with Crippen LogP contribution in [0.1, 0.15) is 32.1 Å². The Morgan fingerprint density at radius 3 is 2.50 bits per heavy atom. The van der Waals surface area contributed by atoms with Gasteiger partial charge in [0.1, 0.15) is 12.2 Å². The average molecular weight is 275 g/mol. The molecule has 1 rings (SSSR count). The second kappa shape index (κ2) is 5.90. The van der Waals surface area contributed by atoms with Crippen molar-refractivity contribution in [3.8, 4) is 0 Å². The van der Waals surface area contributed by atoms with Gasteiger partial charge in [-0.2, -0.15) is 0 Å². The van der Waals surface area contributed by atoms with Gasteiger partial charge < -0.3 is 4.89 Å². The van der Waals surface area contributed by atoms with Gasteiger partial charge in [-0.15, -0.1) is 4.67 Å². The van der Waals surface area contributed by atoms with Gasteiger partial charge in [0.25, 0.3) is 0 Å². The van der Waals surface area contributed by atoms with E-state index >= 15 is 0 Å². The molecular weight excluding hydrogens is 262 g/mol. The fraction of sp³-hybridized carbons (Fsp3) is 1.00. The van der Waals surface area contributed by atoms with E-state index in [4.69, 9.17) is 11.8 Å². The molecule has 4 nitrogen and oxygen atoms in total. The molecule has 1 aliphatic rings. The third-order valence-corrected chi connectivity index (χ3v) is 5.56. The van der Waals surface area contributed by atoms with Crippen LogP contribution in [0, 0.1) is 0 Å². The van der Waals surface area contributed by atoms with E-state index in [9.17, 15) is 9.46 Å². The average Bonchev–Trinajstić information content (AvgIpc) is 2.16. The normalized spacial score (nSPS) is 24.3. The third kappa shape index (κ3) is 4.23. The number of hydrogen-bond acceptors (Lipinski definition) is 4. The molecule has 0 spiro atoms. The van der Waals surface area contributed by atoms with Crippen molar-refractivity contribution in [1.29, 1.82) is 0 Å². The monoisotopic (exact) mass is 275 g/mol. The Labute approximate surface area is 94.5 Å². The number of thiol groups is 1. The van der Waals surface area contributed by atoms with Gasteiger partial charge in [0.2, 0.25) is 6.49 Å². The fourth-order valence-corrected chi connectivity index (χ4v) is 4.44. The zero-order valence-electron chi connectivity index (χ0n) is 7.53. The molecule has 0 aromatic carbocycles. The summed E-state index contributed by atoms with van der Waals surface area (Å²) in [6, 6.07) is 0. The van der Waals surface area contributed by atoms with Gasteiger partial charge in [0.05, 0.1) is 0 Å². The Hall–Kier alpha value is 0.980. The molecule has 0 bridgehead atoms. The van der Waals surface area contributed by atoms with Crippen LogP contribution in [0.15, 0.2) is 0 Å². The Balaban J connectivity index is 2.45. The van der Waals surface area contributed by atoms with Crippen LogP contribution >= 0.6 is 26.0 Å². The summed E-state index contributed by atoms with van der Waals surface area (Å²) in [6.45, 7) is -2.94. The summed E-state index contributed by atoms with van der Waals surface area (Å²) in [6.07, 6.45) is 5.01. The SMILES string of the molecule is O=[P+](S)OOP(O)(=S)C1CCCCC1. The predicted molar refractivity (Wildman–Crippen MR) is 62.1 cm³/mol. The molecule has 14 heavy (non-hydrogen) atoms. The minimum Gasteiger partial charge on any atom is -0.343 e. The quantitative estimate of drug-likeness (QED) is 0.357.